The highest BCUT2D eigenvalue weighted by Crippen LogP contribution is 2.56. The zero-order chi connectivity index (χ0) is 30.1. The fourth-order valence-corrected chi connectivity index (χ4v) is 8.73. The van der Waals surface area contributed by atoms with E-state index in [2.05, 4.69) is 73.7 Å². The minimum absolute atomic E-state index is 0.113. The number of allylic oxidation sites excluding steroid dienone is 4. The van der Waals surface area contributed by atoms with Gasteiger partial charge in [-0.3, -0.25) is 9.59 Å². The van der Waals surface area contributed by atoms with Gasteiger partial charge in [-0.2, -0.15) is 0 Å². The van der Waals surface area contributed by atoms with E-state index in [1.54, 1.807) is 0 Å². The van der Waals surface area contributed by atoms with Gasteiger partial charge >= 0.3 is 0 Å². The van der Waals surface area contributed by atoms with Crippen LogP contribution in [0.15, 0.2) is 77.3 Å². The van der Waals surface area contributed by atoms with Gasteiger partial charge in [-0.15, -0.1) is 0 Å². The number of halogens is 1. The summed E-state index contributed by atoms with van der Waals surface area (Å²) >= 11 is 6.62. The largest absolute Gasteiger partial charge is 0.345 e. The molecule has 4 aliphatic rings. The molecule has 1 fully saturated rings. The molecule has 0 saturated heterocycles. The first-order chi connectivity index (χ1) is 20.5. The van der Waals surface area contributed by atoms with E-state index in [-0.39, 0.29) is 28.3 Å². The predicted molar refractivity (Wildman–Crippen MR) is 174 cm³/mol. The quantitative estimate of drug-likeness (QED) is 0.302. The highest BCUT2D eigenvalue weighted by atomic mass is 35.5. The van der Waals surface area contributed by atoms with Gasteiger partial charge in [0.25, 0.3) is 0 Å². The molecule has 0 bridgehead atoms. The smallest absolute Gasteiger partial charge is 0.162 e. The van der Waals surface area contributed by atoms with Crippen LogP contribution in [0, 0.1) is 10.8 Å². The van der Waals surface area contributed by atoms with Crippen LogP contribution < -0.4 is 0 Å². The van der Waals surface area contributed by atoms with E-state index in [0.717, 1.165) is 63.9 Å². The van der Waals surface area contributed by atoms with Gasteiger partial charge < -0.3 is 9.47 Å². The van der Waals surface area contributed by atoms with E-state index < -0.39 is 0 Å². The summed E-state index contributed by atoms with van der Waals surface area (Å²) in [5.74, 6) is 0.0859. The average Bonchev–Trinajstić information content (AvgIpc) is 3.30. The predicted octanol–water partition coefficient (Wildman–Crippen LogP) is 9.36. The van der Waals surface area contributed by atoms with Crippen molar-refractivity contribution in [2.45, 2.75) is 104 Å². The highest BCUT2D eigenvalue weighted by Gasteiger charge is 2.50. The number of hydrogen-bond acceptors (Lipinski definition) is 3. The van der Waals surface area contributed by atoms with Crippen molar-refractivity contribution >= 4 is 34.1 Å². The normalized spacial score (nSPS) is 22.8. The minimum atomic E-state index is -0.338. The van der Waals surface area contributed by atoms with Gasteiger partial charge in [-0.25, -0.2) is 0 Å². The van der Waals surface area contributed by atoms with Crippen LogP contribution in [0.25, 0.3) is 10.9 Å². The lowest BCUT2D eigenvalue weighted by Crippen LogP contribution is -2.48. The molecule has 43 heavy (non-hydrogen) atoms. The third kappa shape index (κ3) is 5.00. The maximum atomic E-state index is 14.4. The van der Waals surface area contributed by atoms with E-state index in [1.807, 2.05) is 18.2 Å². The Morgan fingerprint density at radius 2 is 1.35 bits per heavy atom. The Balaban J connectivity index is 1.48. The third-order valence-electron chi connectivity index (χ3n) is 10.3. The molecule has 4 nitrogen and oxygen atoms in total. The Kier molecular flexibility index (Phi) is 7.00. The summed E-state index contributed by atoms with van der Waals surface area (Å²) in [5, 5.41) is 1.85. The molecule has 0 spiro atoms. The number of carbonyl (C=O) groups excluding carboxylic acids is 2. The fraction of sp³-hybridized carbons (Fsp3) is 0.474. The lowest BCUT2D eigenvalue weighted by atomic mass is 9.63. The lowest BCUT2D eigenvalue weighted by molar-refractivity contribution is -0.119. The number of carbonyl (C=O) groups is 2. The zero-order valence-corrected chi connectivity index (χ0v) is 26.8. The second-order valence-electron chi connectivity index (χ2n) is 15.0. The average molecular weight is 595 g/mol. The van der Waals surface area contributed by atoms with Crippen LogP contribution in [-0.2, 0) is 16.1 Å². The van der Waals surface area contributed by atoms with Crippen LogP contribution in [0.2, 0.25) is 5.02 Å². The van der Waals surface area contributed by atoms with Crippen molar-refractivity contribution in [3.05, 3.63) is 93.4 Å². The molecule has 0 atom stereocenters. The summed E-state index contributed by atoms with van der Waals surface area (Å²) in [5.41, 5.74) is 7.17. The number of aromatic nitrogens is 1. The van der Waals surface area contributed by atoms with Gasteiger partial charge in [-0.05, 0) is 59.8 Å². The molecular formula is C38H43ClN2O2. The van der Waals surface area contributed by atoms with Crippen LogP contribution in [-0.4, -0.2) is 27.1 Å². The summed E-state index contributed by atoms with van der Waals surface area (Å²) in [4.78, 5) is 31.4. The molecule has 2 heterocycles. The second kappa shape index (κ2) is 10.5. The first kappa shape index (κ1) is 28.6. The van der Waals surface area contributed by atoms with Crippen LogP contribution in [0.3, 0.4) is 0 Å². The van der Waals surface area contributed by atoms with Gasteiger partial charge in [0.05, 0.1) is 0 Å². The van der Waals surface area contributed by atoms with Crippen molar-refractivity contribution in [3.8, 4) is 0 Å². The Labute approximate surface area is 260 Å². The maximum Gasteiger partial charge on any atom is 0.162 e. The number of hydrogen-bond donors (Lipinski definition) is 0. The van der Waals surface area contributed by atoms with E-state index in [0.29, 0.717) is 25.4 Å². The Hall–Kier alpha value is -3.11. The molecule has 224 valence electrons. The SMILES string of the molecule is CC1(C)CC(=O)C2=C(C1)N(C1CCCCC1)C1=C(C(=O)CC(C)(C)C1)C2c1cn(Cc2ccccc2Cl)c2ccccc12. The molecule has 1 aliphatic heterocycles. The van der Waals surface area contributed by atoms with Gasteiger partial charge in [0.2, 0.25) is 0 Å². The number of fused-ring (bicyclic) bond motifs is 1. The Bertz CT molecular complexity index is 1640. The highest BCUT2D eigenvalue weighted by molar-refractivity contribution is 6.31. The van der Waals surface area contributed by atoms with Gasteiger partial charge in [0.15, 0.2) is 11.6 Å². The molecule has 3 aromatic rings. The molecule has 1 aromatic heterocycles. The van der Waals surface area contributed by atoms with Crippen molar-refractivity contribution in [1.29, 1.82) is 0 Å². The van der Waals surface area contributed by atoms with Crippen LogP contribution in [0.5, 0.6) is 0 Å². The molecule has 3 aliphatic carbocycles. The molecule has 2 aromatic carbocycles. The monoisotopic (exact) mass is 594 g/mol. The third-order valence-corrected chi connectivity index (χ3v) is 10.7. The molecule has 1 saturated carbocycles. The van der Waals surface area contributed by atoms with Crippen LogP contribution in [0.4, 0.5) is 0 Å². The molecule has 0 unspecified atom stereocenters. The van der Waals surface area contributed by atoms with Crippen molar-refractivity contribution in [2.75, 3.05) is 0 Å². The van der Waals surface area contributed by atoms with Crippen molar-refractivity contribution < 1.29 is 9.59 Å². The summed E-state index contributed by atoms with van der Waals surface area (Å²) in [6.07, 6.45) is 10.9. The number of benzene rings is 2. The van der Waals surface area contributed by atoms with Crippen molar-refractivity contribution in [3.63, 3.8) is 0 Å². The topological polar surface area (TPSA) is 42.3 Å². The standard InChI is InChI=1S/C38H43ClN2O2/c1-37(2)18-30-35(32(42)20-37)34(36-31(19-38(3,4)21-33(36)43)41(30)25-13-6-5-7-14-25)27-23-40(29-17-11-9-15-26(27)29)22-24-12-8-10-16-28(24)39/h8-12,15-17,23,25,34H,5-7,13-14,18-22H2,1-4H3. The first-order valence-electron chi connectivity index (χ1n) is 16.2. The van der Waals surface area contributed by atoms with Crippen molar-refractivity contribution in [1.82, 2.24) is 9.47 Å². The fourth-order valence-electron chi connectivity index (χ4n) is 8.53. The van der Waals surface area contributed by atoms with Gasteiger partial charge in [-0.1, -0.05) is 95.0 Å². The summed E-state index contributed by atoms with van der Waals surface area (Å²) in [6.45, 7) is 9.56. The number of ketones is 2. The zero-order valence-electron chi connectivity index (χ0n) is 26.0. The van der Waals surface area contributed by atoms with E-state index in [1.165, 1.54) is 30.7 Å². The van der Waals surface area contributed by atoms with E-state index in [9.17, 15) is 9.59 Å². The maximum absolute atomic E-state index is 14.4. The summed E-state index contributed by atoms with van der Waals surface area (Å²) in [6, 6.07) is 16.8. The molecule has 0 N–H and O–H groups in total. The van der Waals surface area contributed by atoms with Gasteiger partial charge in [0, 0.05) is 76.0 Å². The number of para-hydroxylation sites is 1. The Morgan fingerprint density at radius 3 is 1.98 bits per heavy atom. The summed E-state index contributed by atoms with van der Waals surface area (Å²) in [7, 11) is 0. The molecular weight excluding hydrogens is 552 g/mol. The first-order valence-corrected chi connectivity index (χ1v) is 16.5. The molecule has 0 amide bonds. The van der Waals surface area contributed by atoms with Gasteiger partial charge in [0.1, 0.15) is 0 Å². The number of nitrogens with zero attached hydrogens (tertiary/aromatic N) is 2. The van der Waals surface area contributed by atoms with E-state index >= 15 is 0 Å². The second-order valence-corrected chi connectivity index (χ2v) is 15.4. The van der Waals surface area contributed by atoms with Crippen LogP contribution >= 0.6 is 11.6 Å². The van der Waals surface area contributed by atoms with Crippen LogP contribution in [0.1, 0.15) is 103 Å². The minimum Gasteiger partial charge on any atom is -0.345 e. The van der Waals surface area contributed by atoms with Crippen molar-refractivity contribution in [2.24, 2.45) is 10.8 Å². The van der Waals surface area contributed by atoms with E-state index in [4.69, 9.17) is 11.6 Å². The molecule has 5 heteroatoms. The number of rotatable bonds is 4. The number of Topliss-reactive ketones (excluding diaryl/α,β-unsaturated/α-hetero) is 2. The summed E-state index contributed by atoms with van der Waals surface area (Å²) < 4.78 is 2.26. The molecule has 0 radical (unpaired) electrons. The molecule has 7 rings (SSSR count). The lowest BCUT2D eigenvalue weighted by Gasteiger charge is -2.52. The Morgan fingerprint density at radius 1 is 0.767 bits per heavy atom.